The van der Waals surface area contributed by atoms with Crippen LogP contribution < -0.4 is 5.32 Å². The van der Waals surface area contributed by atoms with Crippen LogP contribution >= 0.6 is 23.2 Å². The van der Waals surface area contributed by atoms with Crippen molar-refractivity contribution >= 4 is 35.2 Å². The van der Waals surface area contributed by atoms with Gasteiger partial charge in [0.1, 0.15) is 0 Å². The zero-order valence-electron chi connectivity index (χ0n) is 11.1. The van der Waals surface area contributed by atoms with Crippen LogP contribution in [0.25, 0.3) is 6.08 Å². The Bertz CT molecular complexity index is 478. The average Bonchev–Trinajstić information content (AvgIpc) is 3.22. The van der Waals surface area contributed by atoms with Gasteiger partial charge in [0.25, 0.3) is 0 Å². The summed E-state index contributed by atoms with van der Waals surface area (Å²) in [7, 11) is 0. The lowest BCUT2D eigenvalue weighted by atomic mass is 10.2. The summed E-state index contributed by atoms with van der Waals surface area (Å²) < 4.78 is 5.43. The van der Waals surface area contributed by atoms with Crippen molar-refractivity contribution in [3.63, 3.8) is 0 Å². The highest BCUT2D eigenvalue weighted by molar-refractivity contribution is 6.37. The molecule has 0 aromatic heterocycles. The number of carbonyl (C=O) groups is 1. The molecule has 0 aliphatic heterocycles. The van der Waals surface area contributed by atoms with E-state index in [1.807, 2.05) is 0 Å². The molecule has 5 heteroatoms. The summed E-state index contributed by atoms with van der Waals surface area (Å²) in [5, 5.41) is 3.79. The minimum atomic E-state index is -0.184. The van der Waals surface area contributed by atoms with Crippen molar-refractivity contribution in [1.82, 2.24) is 5.32 Å². The average molecular weight is 314 g/mol. The second-order valence-corrected chi connectivity index (χ2v) is 5.59. The molecular formula is C15H17Cl2NO2. The molecule has 0 unspecified atom stereocenters. The normalized spacial score (nSPS) is 14.7. The molecule has 0 saturated heterocycles. The van der Waals surface area contributed by atoms with E-state index in [4.69, 9.17) is 27.9 Å². The Morgan fingerprint density at radius 3 is 2.70 bits per heavy atom. The van der Waals surface area contributed by atoms with Crippen molar-refractivity contribution in [2.75, 3.05) is 19.8 Å². The van der Waals surface area contributed by atoms with Gasteiger partial charge in [-0.25, -0.2) is 0 Å². The van der Waals surface area contributed by atoms with E-state index >= 15 is 0 Å². The molecule has 20 heavy (non-hydrogen) atoms. The summed E-state index contributed by atoms with van der Waals surface area (Å²) in [4.78, 5) is 11.6. The number of rotatable bonds is 7. The maximum atomic E-state index is 11.6. The van der Waals surface area contributed by atoms with E-state index in [1.165, 1.54) is 18.9 Å². The van der Waals surface area contributed by atoms with Crippen LogP contribution in [0.15, 0.2) is 24.3 Å². The molecule has 0 bridgehead atoms. The number of hydrogen-bond acceptors (Lipinski definition) is 2. The van der Waals surface area contributed by atoms with Crippen molar-refractivity contribution in [2.24, 2.45) is 5.92 Å². The molecule has 1 N–H and O–H groups in total. The third kappa shape index (κ3) is 5.16. The van der Waals surface area contributed by atoms with Crippen molar-refractivity contribution in [2.45, 2.75) is 12.8 Å². The first-order chi connectivity index (χ1) is 9.66. The minimum Gasteiger partial charge on any atom is -0.379 e. The molecule has 1 amide bonds. The van der Waals surface area contributed by atoms with E-state index in [1.54, 1.807) is 24.3 Å². The summed E-state index contributed by atoms with van der Waals surface area (Å²) in [6.45, 7) is 1.86. The summed E-state index contributed by atoms with van der Waals surface area (Å²) >= 11 is 12.0. The van der Waals surface area contributed by atoms with Crippen molar-refractivity contribution in [3.8, 4) is 0 Å². The summed E-state index contributed by atoms with van der Waals surface area (Å²) in [5.74, 6) is 0.559. The Balaban J connectivity index is 1.71. The highest BCUT2D eigenvalue weighted by atomic mass is 35.5. The van der Waals surface area contributed by atoms with Gasteiger partial charge < -0.3 is 10.1 Å². The van der Waals surface area contributed by atoms with Crippen LogP contribution in [-0.2, 0) is 9.53 Å². The lowest BCUT2D eigenvalue weighted by Crippen LogP contribution is -2.25. The molecule has 2 rings (SSSR count). The van der Waals surface area contributed by atoms with Gasteiger partial charge >= 0.3 is 0 Å². The lowest BCUT2D eigenvalue weighted by Gasteiger charge is -2.04. The first-order valence-electron chi connectivity index (χ1n) is 6.64. The SMILES string of the molecule is O=C(/C=C/c1c(Cl)cccc1Cl)NCCOCC1CC1. The van der Waals surface area contributed by atoms with Gasteiger partial charge in [-0.2, -0.15) is 0 Å². The van der Waals surface area contributed by atoms with E-state index in [2.05, 4.69) is 5.32 Å². The summed E-state index contributed by atoms with van der Waals surface area (Å²) in [6.07, 6.45) is 5.58. The second kappa shape index (κ2) is 7.67. The van der Waals surface area contributed by atoms with E-state index in [9.17, 15) is 4.79 Å². The maximum Gasteiger partial charge on any atom is 0.244 e. The van der Waals surface area contributed by atoms with Gasteiger partial charge in [-0.05, 0) is 37.0 Å². The highest BCUT2D eigenvalue weighted by Gasteiger charge is 2.20. The number of benzene rings is 1. The molecule has 3 nitrogen and oxygen atoms in total. The summed E-state index contributed by atoms with van der Waals surface area (Å²) in [6, 6.07) is 5.23. The van der Waals surface area contributed by atoms with Crippen LogP contribution in [0.3, 0.4) is 0 Å². The van der Waals surface area contributed by atoms with Gasteiger partial charge in [0.2, 0.25) is 5.91 Å². The molecule has 1 aliphatic rings. The predicted molar refractivity (Wildman–Crippen MR) is 82.0 cm³/mol. The Hall–Kier alpha value is -1.03. The molecule has 0 spiro atoms. The van der Waals surface area contributed by atoms with Crippen LogP contribution in [-0.4, -0.2) is 25.7 Å². The molecular weight excluding hydrogens is 297 g/mol. The maximum absolute atomic E-state index is 11.6. The van der Waals surface area contributed by atoms with Crippen LogP contribution in [0.2, 0.25) is 10.0 Å². The Morgan fingerprint density at radius 1 is 1.35 bits per heavy atom. The number of carbonyl (C=O) groups excluding carboxylic acids is 1. The third-order valence-corrected chi connectivity index (χ3v) is 3.66. The fraction of sp³-hybridized carbons (Fsp3) is 0.400. The topological polar surface area (TPSA) is 38.3 Å². The molecule has 1 aromatic rings. The molecule has 1 saturated carbocycles. The number of hydrogen-bond donors (Lipinski definition) is 1. The number of nitrogens with one attached hydrogen (secondary N) is 1. The molecule has 0 radical (unpaired) electrons. The second-order valence-electron chi connectivity index (χ2n) is 4.78. The minimum absolute atomic E-state index is 0.184. The van der Waals surface area contributed by atoms with Gasteiger partial charge in [-0.3, -0.25) is 4.79 Å². The largest absolute Gasteiger partial charge is 0.379 e. The predicted octanol–water partition coefficient (Wildman–Crippen LogP) is 3.55. The Labute approximate surface area is 128 Å². The zero-order valence-corrected chi connectivity index (χ0v) is 12.6. The number of halogens is 2. The molecule has 1 aromatic carbocycles. The third-order valence-electron chi connectivity index (χ3n) is 3.00. The first kappa shape index (κ1) is 15.4. The zero-order chi connectivity index (χ0) is 14.4. The van der Waals surface area contributed by atoms with Gasteiger partial charge in [-0.1, -0.05) is 29.3 Å². The van der Waals surface area contributed by atoms with Gasteiger partial charge in [0.15, 0.2) is 0 Å². The fourth-order valence-corrected chi connectivity index (χ4v) is 2.19. The van der Waals surface area contributed by atoms with Gasteiger partial charge in [-0.15, -0.1) is 0 Å². The van der Waals surface area contributed by atoms with Crippen molar-refractivity contribution in [3.05, 3.63) is 39.9 Å². The molecule has 0 atom stereocenters. The van der Waals surface area contributed by atoms with Crippen LogP contribution in [0, 0.1) is 5.92 Å². The van der Waals surface area contributed by atoms with Crippen molar-refractivity contribution in [1.29, 1.82) is 0 Å². The Kier molecular flexibility index (Phi) is 5.89. The monoisotopic (exact) mass is 313 g/mol. The van der Waals surface area contributed by atoms with Gasteiger partial charge in [0.05, 0.1) is 6.61 Å². The smallest absolute Gasteiger partial charge is 0.244 e. The van der Waals surface area contributed by atoms with Crippen LogP contribution in [0.4, 0.5) is 0 Å². The molecule has 0 heterocycles. The van der Waals surface area contributed by atoms with E-state index in [0.717, 1.165) is 12.5 Å². The van der Waals surface area contributed by atoms with E-state index in [-0.39, 0.29) is 5.91 Å². The summed E-state index contributed by atoms with van der Waals surface area (Å²) in [5.41, 5.74) is 0.649. The van der Waals surface area contributed by atoms with Crippen LogP contribution in [0.5, 0.6) is 0 Å². The Morgan fingerprint density at radius 2 is 2.05 bits per heavy atom. The quantitative estimate of drug-likeness (QED) is 0.617. The first-order valence-corrected chi connectivity index (χ1v) is 7.40. The fourth-order valence-electron chi connectivity index (χ4n) is 1.67. The van der Waals surface area contributed by atoms with Crippen molar-refractivity contribution < 1.29 is 9.53 Å². The van der Waals surface area contributed by atoms with E-state index in [0.29, 0.717) is 28.8 Å². The van der Waals surface area contributed by atoms with Crippen LogP contribution in [0.1, 0.15) is 18.4 Å². The molecule has 108 valence electrons. The number of ether oxygens (including phenoxy) is 1. The molecule has 1 fully saturated rings. The number of amides is 1. The standard InChI is InChI=1S/C15H17Cl2NO2/c16-13-2-1-3-14(17)12(13)6-7-15(19)18-8-9-20-10-11-4-5-11/h1-3,6-7,11H,4-5,8-10H2,(H,18,19)/b7-6+. The van der Waals surface area contributed by atoms with E-state index < -0.39 is 0 Å². The van der Waals surface area contributed by atoms with Gasteiger partial charge in [0, 0.05) is 34.8 Å². The molecule has 1 aliphatic carbocycles. The lowest BCUT2D eigenvalue weighted by molar-refractivity contribution is -0.116. The highest BCUT2D eigenvalue weighted by Crippen LogP contribution is 2.28.